The lowest BCUT2D eigenvalue weighted by Crippen LogP contribution is -2.23. The SMILES string of the molecule is Cc1ccc(C)c(NC(=O)[C@H](C)SCCOc2ccc(Cl)cc2)c1. The van der Waals surface area contributed by atoms with E-state index in [0.717, 1.165) is 28.3 Å². The largest absolute Gasteiger partial charge is 0.493 e. The zero-order chi connectivity index (χ0) is 17.5. The second-order valence-electron chi connectivity index (χ2n) is 5.62. The Labute approximate surface area is 152 Å². The van der Waals surface area contributed by atoms with Crippen molar-refractivity contribution in [1.82, 2.24) is 0 Å². The van der Waals surface area contributed by atoms with E-state index in [0.29, 0.717) is 11.6 Å². The van der Waals surface area contributed by atoms with E-state index in [4.69, 9.17) is 16.3 Å². The fourth-order valence-electron chi connectivity index (χ4n) is 2.10. The zero-order valence-corrected chi connectivity index (χ0v) is 15.7. The van der Waals surface area contributed by atoms with E-state index in [1.165, 1.54) is 0 Å². The van der Waals surface area contributed by atoms with Crippen LogP contribution in [-0.4, -0.2) is 23.5 Å². The first-order chi connectivity index (χ1) is 11.5. The number of halogens is 1. The van der Waals surface area contributed by atoms with E-state index < -0.39 is 0 Å². The summed E-state index contributed by atoms with van der Waals surface area (Å²) in [5.74, 6) is 1.54. The van der Waals surface area contributed by atoms with E-state index in [-0.39, 0.29) is 11.2 Å². The van der Waals surface area contributed by atoms with Gasteiger partial charge in [0.25, 0.3) is 0 Å². The molecule has 2 rings (SSSR count). The van der Waals surface area contributed by atoms with E-state index in [9.17, 15) is 4.79 Å². The van der Waals surface area contributed by atoms with Crippen LogP contribution < -0.4 is 10.1 Å². The Kier molecular flexibility index (Phi) is 7.00. The number of anilines is 1. The number of aryl methyl sites for hydroxylation is 2. The third kappa shape index (κ3) is 5.77. The second-order valence-corrected chi connectivity index (χ2v) is 7.51. The molecule has 0 unspecified atom stereocenters. The monoisotopic (exact) mass is 363 g/mol. The molecule has 0 radical (unpaired) electrons. The standard InChI is InChI=1S/C19H22ClNO2S/c1-13-4-5-14(2)18(12-13)21-19(22)15(3)24-11-10-23-17-8-6-16(20)7-9-17/h4-9,12,15H,10-11H2,1-3H3,(H,21,22)/t15-/m0/s1. The van der Waals surface area contributed by atoms with Gasteiger partial charge in [0.1, 0.15) is 5.75 Å². The van der Waals surface area contributed by atoms with Crippen molar-refractivity contribution in [2.24, 2.45) is 0 Å². The highest BCUT2D eigenvalue weighted by Gasteiger charge is 2.14. The smallest absolute Gasteiger partial charge is 0.237 e. The van der Waals surface area contributed by atoms with Crippen LogP contribution >= 0.6 is 23.4 Å². The van der Waals surface area contributed by atoms with E-state index in [2.05, 4.69) is 5.32 Å². The molecule has 0 aliphatic heterocycles. The van der Waals surface area contributed by atoms with E-state index in [1.807, 2.05) is 51.1 Å². The second kappa shape index (κ2) is 9.00. The Hall–Kier alpha value is -1.65. The van der Waals surface area contributed by atoms with Crippen LogP contribution in [0.5, 0.6) is 5.75 Å². The first-order valence-electron chi connectivity index (χ1n) is 7.84. The van der Waals surface area contributed by atoms with Gasteiger partial charge in [0.05, 0.1) is 11.9 Å². The third-order valence-corrected chi connectivity index (χ3v) is 4.92. The summed E-state index contributed by atoms with van der Waals surface area (Å²) in [6.45, 7) is 6.47. The maximum absolute atomic E-state index is 12.3. The number of hydrogen-bond acceptors (Lipinski definition) is 3. The van der Waals surface area contributed by atoms with Gasteiger partial charge in [0, 0.05) is 16.5 Å². The molecule has 0 heterocycles. The molecule has 24 heavy (non-hydrogen) atoms. The van der Waals surface area contributed by atoms with Crippen LogP contribution in [0.2, 0.25) is 5.02 Å². The summed E-state index contributed by atoms with van der Waals surface area (Å²) >= 11 is 7.41. The van der Waals surface area contributed by atoms with Crippen LogP contribution in [-0.2, 0) is 4.79 Å². The van der Waals surface area contributed by atoms with Gasteiger partial charge in [-0.15, -0.1) is 11.8 Å². The number of ether oxygens (including phenoxy) is 1. The topological polar surface area (TPSA) is 38.3 Å². The van der Waals surface area contributed by atoms with Crippen LogP contribution in [0.15, 0.2) is 42.5 Å². The van der Waals surface area contributed by atoms with Crippen LogP contribution in [0, 0.1) is 13.8 Å². The van der Waals surface area contributed by atoms with Gasteiger partial charge in [0.15, 0.2) is 0 Å². The highest BCUT2D eigenvalue weighted by atomic mass is 35.5. The Morgan fingerprint density at radius 3 is 2.62 bits per heavy atom. The highest BCUT2D eigenvalue weighted by Crippen LogP contribution is 2.20. The predicted molar refractivity (Wildman–Crippen MR) is 103 cm³/mol. The maximum Gasteiger partial charge on any atom is 0.237 e. The molecule has 5 heteroatoms. The van der Waals surface area contributed by atoms with Crippen molar-refractivity contribution < 1.29 is 9.53 Å². The Morgan fingerprint density at radius 1 is 1.21 bits per heavy atom. The van der Waals surface area contributed by atoms with Gasteiger partial charge in [-0.05, 0) is 62.2 Å². The molecule has 0 aliphatic carbocycles. The minimum Gasteiger partial charge on any atom is -0.493 e. The fourth-order valence-corrected chi connectivity index (χ4v) is 2.97. The average Bonchev–Trinajstić information content (AvgIpc) is 2.56. The fraction of sp³-hybridized carbons (Fsp3) is 0.316. The first kappa shape index (κ1) is 18.7. The lowest BCUT2D eigenvalue weighted by atomic mass is 10.1. The minimum atomic E-state index is -0.140. The number of amides is 1. The van der Waals surface area contributed by atoms with Crippen molar-refractivity contribution in [2.45, 2.75) is 26.0 Å². The quantitative estimate of drug-likeness (QED) is 0.696. The summed E-state index contributed by atoms with van der Waals surface area (Å²) in [6.07, 6.45) is 0. The van der Waals surface area contributed by atoms with Crippen molar-refractivity contribution in [2.75, 3.05) is 17.7 Å². The van der Waals surface area contributed by atoms with Crippen LogP contribution in [0.4, 0.5) is 5.69 Å². The van der Waals surface area contributed by atoms with Gasteiger partial charge >= 0.3 is 0 Å². The van der Waals surface area contributed by atoms with Crippen molar-refractivity contribution in [3.8, 4) is 5.75 Å². The molecular formula is C19H22ClNO2S. The third-order valence-electron chi connectivity index (χ3n) is 3.55. The molecule has 1 N–H and O–H groups in total. The molecular weight excluding hydrogens is 342 g/mol. The lowest BCUT2D eigenvalue weighted by Gasteiger charge is -2.14. The zero-order valence-electron chi connectivity index (χ0n) is 14.1. The Morgan fingerprint density at radius 2 is 1.92 bits per heavy atom. The molecule has 0 spiro atoms. The summed E-state index contributed by atoms with van der Waals surface area (Å²) in [5, 5.41) is 3.55. The normalized spacial score (nSPS) is 11.8. The highest BCUT2D eigenvalue weighted by molar-refractivity contribution is 8.00. The van der Waals surface area contributed by atoms with Crippen molar-refractivity contribution in [3.63, 3.8) is 0 Å². The molecule has 1 amide bonds. The molecule has 0 aromatic heterocycles. The van der Waals surface area contributed by atoms with Gasteiger partial charge in [-0.3, -0.25) is 4.79 Å². The number of thioether (sulfide) groups is 1. The molecule has 0 saturated heterocycles. The van der Waals surface area contributed by atoms with Gasteiger partial charge in [-0.25, -0.2) is 0 Å². The van der Waals surface area contributed by atoms with Crippen LogP contribution in [0.25, 0.3) is 0 Å². The lowest BCUT2D eigenvalue weighted by molar-refractivity contribution is -0.115. The van der Waals surface area contributed by atoms with Gasteiger partial charge < -0.3 is 10.1 Å². The summed E-state index contributed by atoms with van der Waals surface area (Å²) in [7, 11) is 0. The molecule has 2 aromatic rings. The van der Waals surface area contributed by atoms with Crippen molar-refractivity contribution in [1.29, 1.82) is 0 Å². The average molecular weight is 364 g/mol. The summed E-state index contributed by atoms with van der Waals surface area (Å²) < 4.78 is 5.63. The number of nitrogens with one attached hydrogen (secondary N) is 1. The Bertz CT molecular complexity index is 688. The summed E-state index contributed by atoms with van der Waals surface area (Å²) in [6, 6.07) is 13.3. The van der Waals surface area contributed by atoms with E-state index >= 15 is 0 Å². The number of rotatable bonds is 7. The van der Waals surface area contributed by atoms with Crippen molar-refractivity contribution in [3.05, 3.63) is 58.6 Å². The van der Waals surface area contributed by atoms with Crippen molar-refractivity contribution >= 4 is 35.0 Å². The summed E-state index contributed by atoms with van der Waals surface area (Å²) in [5.41, 5.74) is 3.08. The number of hydrogen-bond donors (Lipinski definition) is 1. The molecule has 0 aliphatic rings. The maximum atomic E-state index is 12.3. The van der Waals surface area contributed by atoms with Crippen LogP contribution in [0.3, 0.4) is 0 Å². The first-order valence-corrected chi connectivity index (χ1v) is 9.26. The predicted octanol–water partition coefficient (Wildman–Crippen LogP) is 5.10. The van der Waals surface area contributed by atoms with Gasteiger partial charge in [-0.2, -0.15) is 0 Å². The molecule has 3 nitrogen and oxygen atoms in total. The number of carbonyl (C=O) groups is 1. The van der Waals surface area contributed by atoms with Gasteiger partial charge in [0.2, 0.25) is 5.91 Å². The van der Waals surface area contributed by atoms with Gasteiger partial charge in [-0.1, -0.05) is 23.7 Å². The molecule has 0 fully saturated rings. The number of benzene rings is 2. The molecule has 128 valence electrons. The van der Waals surface area contributed by atoms with Crippen LogP contribution in [0.1, 0.15) is 18.1 Å². The molecule has 0 bridgehead atoms. The molecule has 1 atom stereocenters. The molecule has 2 aromatic carbocycles. The summed E-state index contributed by atoms with van der Waals surface area (Å²) in [4.78, 5) is 12.3. The van der Waals surface area contributed by atoms with E-state index in [1.54, 1.807) is 23.9 Å². The minimum absolute atomic E-state index is 0.0141. The molecule has 0 saturated carbocycles. The Balaban J connectivity index is 1.75. The number of carbonyl (C=O) groups excluding carboxylic acids is 1.